The fourth-order valence-electron chi connectivity index (χ4n) is 3.83. The van der Waals surface area contributed by atoms with Gasteiger partial charge in [0.1, 0.15) is 17.3 Å². The second-order valence-electron chi connectivity index (χ2n) is 8.36. The van der Waals surface area contributed by atoms with Crippen LogP contribution < -0.4 is 15.5 Å². The summed E-state index contributed by atoms with van der Waals surface area (Å²) in [6.45, 7) is 5.35. The first kappa shape index (κ1) is 24.0. The highest BCUT2D eigenvalue weighted by molar-refractivity contribution is 7.89. The Morgan fingerprint density at radius 1 is 1.28 bits per heavy atom. The summed E-state index contributed by atoms with van der Waals surface area (Å²) in [6.07, 6.45) is 1.69. The molecule has 1 aromatic rings. The van der Waals surface area contributed by atoms with E-state index in [9.17, 15) is 22.8 Å². The van der Waals surface area contributed by atoms with Crippen LogP contribution in [0.25, 0.3) is 0 Å². The number of unbranched alkanes of at least 4 members (excludes halogenated alkanes) is 1. The summed E-state index contributed by atoms with van der Waals surface area (Å²) < 4.78 is 33.1. The van der Waals surface area contributed by atoms with Gasteiger partial charge in [-0.25, -0.2) is 18.7 Å². The fourth-order valence-corrected chi connectivity index (χ4v) is 5.47. The van der Waals surface area contributed by atoms with Crippen LogP contribution in [-0.2, 0) is 19.6 Å². The van der Waals surface area contributed by atoms with Crippen LogP contribution in [0.3, 0.4) is 0 Å². The standard InChI is InChI=1S/C20H28N4O7S/c1-4-5-10-31-14-6-8-15(9-7-14)32(29,30)23-12-13(11-16(23)17(25)22-28)24-18(26)20(2,3)21-19(24)27/h6-9,13,16,28H,4-5,10-12H2,1-3H3,(H,21,27)(H,22,25)/t13?,16-/m1/s1. The minimum atomic E-state index is -4.17. The van der Waals surface area contributed by atoms with Crippen LogP contribution in [0.1, 0.15) is 40.0 Å². The maximum Gasteiger partial charge on any atom is 0.325 e. The van der Waals surface area contributed by atoms with Crippen molar-refractivity contribution in [3.8, 4) is 5.75 Å². The molecule has 3 rings (SSSR count). The van der Waals surface area contributed by atoms with Gasteiger partial charge in [-0.1, -0.05) is 13.3 Å². The fraction of sp³-hybridized carbons (Fsp3) is 0.550. The number of carbonyl (C=O) groups excluding carboxylic acids is 3. The molecule has 0 bridgehead atoms. The number of hydrogen-bond donors (Lipinski definition) is 3. The van der Waals surface area contributed by atoms with Gasteiger partial charge in [0.25, 0.3) is 11.8 Å². The summed E-state index contributed by atoms with van der Waals surface area (Å²) in [7, 11) is -4.17. The average Bonchev–Trinajstić information content (AvgIpc) is 3.27. The van der Waals surface area contributed by atoms with Gasteiger partial charge in [0.05, 0.1) is 17.5 Å². The van der Waals surface area contributed by atoms with Gasteiger partial charge in [-0.15, -0.1) is 0 Å². The predicted molar refractivity (Wildman–Crippen MR) is 112 cm³/mol. The van der Waals surface area contributed by atoms with Crippen molar-refractivity contribution in [1.29, 1.82) is 0 Å². The summed E-state index contributed by atoms with van der Waals surface area (Å²) in [6, 6.07) is 2.98. The Morgan fingerprint density at radius 3 is 2.47 bits per heavy atom. The van der Waals surface area contributed by atoms with E-state index in [2.05, 4.69) is 5.32 Å². The van der Waals surface area contributed by atoms with Crippen LogP contribution >= 0.6 is 0 Å². The van der Waals surface area contributed by atoms with Crippen molar-refractivity contribution in [2.24, 2.45) is 0 Å². The first-order valence-electron chi connectivity index (χ1n) is 10.4. The van der Waals surface area contributed by atoms with E-state index >= 15 is 0 Å². The molecule has 0 saturated carbocycles. The minimum Gasteiger partial charge on any atom is -0.494 e. The molecule has 2 saturated heterocycles. The van der Waals surface area contributed by atoms with Crippen LogP contribution in [0.2, 0.25) is 0 Å². The quantitative estimate of drug-likeness (QED) is 0.222. The van der Waals surface area contributed by atoms with E-state index in [0.717, 1.165) is 22.0 Å². The minimum absolute atomic E-state index is 0.0748. The van der Waals surface area contributed by atoms with Gasteiger partial charge in [0.15, 0.2) is 0 Å². The molecule has 2 aliphatic rings. The van der Waals surface area contributed by atoms with Gasteiger partial charge < -0.3 is 10.1 Å². The third kappa shape index (κ3) is 4.43. The molecule has 11 nitrogen and oxygen atoms in total. The van der Waals surface area contributed by atoms with Gasteiger partial charge in [-0.05, 0) is 51.0 Å². The van der Waals surface area contributed by atoms with E-state index < -0.39 is 45.5 Å². The lowest BCUT2D eigenvalue weighted by atomic mass is 10.1. The Labute approximate surface area is 186 Å². The second-order valence-corrected chi connectivity index (χ2v) is 10.3. The van der Waals surface area contributed by atoms with Crippen LogP contribution in [0.4, 0.5) is 4.79 Å². The lowest BCUT2D eigenvalue weighted by molar-refractivity contribution is -0.133. The van der Waals surface area contributed by atoms with Crippen LogP contribution in [-0.4, -0.2) is 71.4 Å². The van der Waals surface area contributed by atoms with E-state index in [-0.39, 0.29) is 17.9 Å². The summed E-state index contributed by atoms with van der Waals surface area (Å²) in [5, 5.41) is 11.7. The highest BCUT2D eigenvalue weighted by Crippen LogP contribution is 2.32. The number of benzene rings is 1. The number of sulfonamides is 1. The normalized spacial score (nSPS) is 23.3. The Hall–Kier alpha value is -2.70. The van der Waals surface area contributed by atoms with Crippen LogP contribution in [0, 0.1) is 0 Å². The first-order chi connectivity index (χ1) is 15.0. The third-order valence-corrected chi connectivity index (χ3v) is 7.49. The highest BCUT2D eigenvalue weighted by atomic mass is 32.2. The smallest absolute Gasteiger partial charge is 0.325 e. The van der Waals surface area contributed by atoms with Crippen molar-refractivity contribution in [3.05, 3.63) is 24.3 Å². The predicted octanol–water partition coefficient (Wildman–Crippen LogP) is 0.833. The van der Waals surface area contributed by atoms with Crippen LogP contribution in [0.15, 0.2) is 29.2 Å². The van der Waals surface area contributed by atoms with Crippen molar-refractivity contribution >= 4 is 27.9 Å². The summed E-state index contributed by atoms with van der Waals surface area (Å²) in [5.74, 6) is -0.937. The molecule has 2 aliphatic heterocycles. The molecule has 4 amide bonds. The van der Waals surface area contributed by atoms with Gasteiger partial charge in [-0.2, -0.15) is 4.31 Å². The Morgan fingerprint density at radius 2 is 1.94 bits per heavy atom. The summed E-state index contributed by atoms with van der Waals surface area (Å²) in [4.78, 5) is 38.2. The molecule has 1 unspecified atom stereocenters. The Balaban J connectivity index is 1.86. The van der Waals surface area contributed by atoms with E-state index in [4.69, 9.17) is 9.94 Å². The lowest BCUT2D eigenvalue weighted by Gasteiger charge is -2.23. The number of amides is 4. The molecule has 0 radical (unpaired) electrons. The van der Waals surface area contributed by atoms with Gasteiger partial charge in [0, 0.05) is 6.54 Å². The molecule has 2 atom stereocenters. The van der Waals surface area contributed by atoms with E-state index in [0.29, 0.717) is 12.4 Å². The van der Waals surface area contributed by atoms with Crippen molar-refractivity contribution in [2.75, 3.05) is 13.2 Å². The molecule has 32 heavy (non-hydrogen) atoms. The van der Waals surface area contributed by atoms with Crippen molar-refractivity contribution in [1.82, 2.24) is 20.0 Å². The maximum atomic E-state index is 13.3. The molecule has 3 N–H and O–H groups in total. The zero-order chi connectivity index (χ0) is 23.7. The molecule has 12 heteroatoms. The molecule has 0 spiro atoms. The van der Waals surface area contributed by atoms with Crippen molar-refractivity contribution in [2.45, 2.75) is 62.6 Å². The topological polar surface area (TPSA) is 145 Å². The number of imide groups is 1. The van der Waals surface area contributed by atoms with Gasteiger partial charge >= 0.3 is 6.03 Å². The molecular formula is C20H28N4O7S. The molecule has 2 heterocycles. The molecule has 2 fully saturated rings. The molecular weight excluding hydrogens is 440 g/mol. The molecule has 176 valence electrons. The lowest BCUT2D eigenvalue weighted by Crippen LogP contribution is -2.45. The first-order valence-corrected chi connectivity index (χ1v) is 11.8. The number of carbonyl (C=O) groups is 3. The number of ether oxygens (including phenoxy) is 1. The van der Waals surface area contributed by atoms with Gasteiger partial charge in [0.2, 0.25) is 10.0 Å². The molecule has 0 aliphatic carbocycles. The number of rotatable bonds is 8. The second kappa shape index (κ2) is 9.04. The number of hydrogen-bond acceptors (Lipinski definition) is 7. The number of nitrogens with zero attached hydrogens (tertiary/aromatic N) is 2. The Bertz CT molecular complexity index is 994. The van der Waals surface area contributed by atoms with E-state index in [1.807, 2.05) is 6.92 Å². The number of urea groups is 1. The van der Waals surface area contributed by atoms with Crippen molar-refractivity contribution < 1.29 is 32.7 Å². The number of nitrogens with one attached hydrogen (secondary N) is 2. The Kier molecular flexibility index (Phi) is 6.77. The maximum absolute atomic E-state index is 13.3. The average molecular weight is 469 g/mol. The van der Waals surface area contributed by atoms with E-state index in [1.165, 1.54) is 29.7 Å². The third-order valence-electron chi connectivity index (χ3n) is 5.60. The summed E-state index contributed by atoms with van der Waals surface area (Å²) in [5.41, 5.74) is 0.346. The van der Waals surface area contributed by atoms with E-state index in [1.54, 1.807) is 13.8 Å². The zero-order valence-electron chi connectivity index (χ0n) is 18.2. The van der Waals surface area contributed by atoms with Crippen LogP contribution in [0.5, 0.6) is 5.75 Å². The largest absolute Gasteiger partial charge is 0.494 e. The molecule has 1 aromatic carbocycles. The summed E-state index contributed by atoms with van der Waals surface area (Å²) >= 11 is 0. The van der Waals surface area contributed by atoms with Crippen molar-refractivity contribution in [3.63, 3.8) is 0 Å². The van der Waals surface area contributed by atoms with Gasteiger partial charge in [-0.3, -0.25) is 19.7 Å². The monoisotopic (exact) mass is 468 g/mol. The SMILES string of the molecule is CCCCOc1ccc(S(=O)(=O)N2CC(N3C(=O)NC(C)(C)C3=O)C[C@@H]2C(=O)NO)cc1. The number of hydroxylamine groups is 1. The zero-order valence-corrected chi connectivity index (χ0v) is 19.0. The molecule has 0 aromatic heterocycles. The highest BCUT2D eigenvalue weighted by Gasteiger charge is 2.53.